The summed E-state index contributed by atoms with van der Waals surface area (Å²) >= 11 is 0. The topological polar surface area (TPSA) is 302 Å². The van der Waals surface area contributed by atoms with E-state index in [0.717, 1.165) is 24.8 Å². The van der Waals surface area contributed by atoms with Crippen LogP contribution in [0.3, 0.4) is 0 Å². The smallest absolute Gasteiger partial charge is 0.322 e. The fraction of sp³-hybridized carbons (Fsp3) is 0.673. The van der Waals surface area contributed by atoms with E-state index in [-0.39, 0.29) is 56.9 Å². The molecular formula is C52H79N7O14. The zero-order valence-corrected chi connectivity index (χ0v) is 44.2. The fourth-order valence-corrected chi connectivity index (χ4v) is 8.95. The normalized spacial score (nSPS) is 18.2. The zero-order valence-electron chi connectivity index (χ0n) is 44.2. The molecule has 7 amide bonds. The van der Waals surface area contributed by atoms with Crippen molar-refractivity contribution in [2.75, 3.05) is 13.1 Å². The molecule has 0 spiro atoms. The molecule has 7 atom stereocenters. The lowest BCUT2D eigenvalue weighted by molar-refractivity contribution is -0.156. The quantitative estimate of drug-likeness (QED) is 0.0548. The van der Waals surface area contributed by atoms with Crippen LogP contribution in [-0.4, -0.2) is 136 Å². The molecule has 1 aromatic carbocycles. The maximum absolute atomic E-state index is 15.2. The SMILES string of the molecule is CCC[C@H](NC(=O)[C@@H]1C[C@@H](c2ccccc2)CN1C(=O)[C@@H](NC(=O)[C@@H](NC(=O)[C@H](CCC(=O)OC(C)(C)C)NC(=O)[C@H](CCC(=O)OC(C)(C)C)NC(C)=O)C(C)C)C1CCCCC1)C(=O)C(=O)NCC(=O)O. The summed E-state index contributed by atoms with van der Waals surface area (Å²) < 4.78 is 10.8. The molecule has 1 aliphatic carbocycles. The van der Waals surface area contributed by atoms with Gasteiger partial charge in [0, 0.05) is 32.2 Å². The zero-order chi connectivity index (χ0) is 54.8. The molecule has 0 radical (unpaired) electrons. The molecule has 1 aliphatic heterocycles. The molecule has 1 saturated heterocycles. The van der Waals surface area contributed by atoms with Gasteiger partial charge in [-0.3, -0.25) is 52.7 Å². The lowest BCUT2D eigenvalue weighted by Gasteiger charge is -2.36. The van der Waals surface area contributed by atoms with Crippen molar-refractivity contribution in [3.05, 3.63) is 35.9 Å². The number of ketones is 1. The lowest BCUT2D eigenvalue weighted by Crippen LogP contribution is -2.61. The Morgan fingerprint density at radius 2 is 1.25 bits per heavy atom. The molecule has 7 N–H and O–H groups in total. The number of carbonyl (C=O) groups excluding carboxylic acids is 10. The number of nitrogens with one attached hydrogen (secondary N) is 6. The molecule has 2 fully saturated rings. The average Bonchev–Trinajstić information content (AvgIpc) is 3.76. The van der Waals surface area contributed by atoms with Gasteiger partial charge in [0.1, 0.15) is 48.0 Å². The molecule has 0 bridgehead atoms. The van der Waals surface area contributed by atoms with Crippen LogP contribution < -0.4 is 31.9 Å². The van der Waals surface area contributed by atoms with Gasteiger partial charge in [-0.05, 0) is 97.5 Å². The Morgan fingerprint density at radius 3 is 1.75 bits per heavy atom. The molecule has 1 aromatic rings. The van der Waals surface area contributed by atoms with E-state index in [1.807, 2.05) is 35.6 Å². The Kier molecular flexibility index (Phi) is 23.5. The van der Waals surface area contributed by atoms with Gasteiger partial charge < -0.3 is 51.4 Å². The largest absolute Gasteiger partial charge is 0.480 e. The molecule has 21 heteroatoms. The van der Waals surface area contributed by atoms with Crippen LogP contribution >= 0.6 is 0 Å². The van der Waals surface area contributed by atoms with E-state index < -0.39 is 125 Å². The minimum atomic E-state index is -1.46. The van der Waals surface area contributed by atoms with Crippen LogP contribution in [0.15, 0.2) is 30.3 Å². The highest BCUT2D eigenvalue weighted by molar-refractivity contribution is 6.38. The first-order chi connectivity index (χ1) is 34.1. The van der Waals surface area contributed by atoms with E-state index in [4.69, 9.17) is 14.6 Å². The molecule has 0 aromatic heterocycles. The van der Waals surface area contributed by atoms with Gasteiger partial charge in [0.05, 0.1) is 6.04 Å². The Morgan fingerprint density at radius 1 is 0.699 bits per heavy atom. The van der Waals surface area contributed by atoms with E-state index >= 15 is 4.79 Å². The number of nitrogens with zero attached hydrogens (tertiary/aromatic N) is 1. The van der Waals surface area contributed by atoms with Gasteiger partial charge >= 0.3 is 17.9 Å². The fourth-order valence-electron chi connectivity index (χ4n) is 8.95. The predicted octanol–water partition coefficient (Wildman–Crippen LogP) is 2.87. The molecule has 2 aliphatic rings. The summed E-state index contributed by atoms with van der Waals surface area (Å²) in [6, 6.07) is 1.48. The van der Waals surface area contributed by atoms with Gasteiger partial charge in [0.15, 0.2) is 0 Å². The Hall–Kier alpha value is -6.41. The first-order valence-corrected chi connectivity index (χ1v) is 25.4. The molecular weight excluding hydrogens is 947 g/mol. The van der Waals surface area contributed by atoms with Crippen LogP contribution in [0, 0.1) is 11.8 Å². The van der Waals surface area contributed by atoms with E-state index in [1.165, 1.54) is 11.8 Å². The second-order valence-electron chi connectivity index (χ2n) is 21.3. The third-order valence-electron chi connectivity index (χ3n) is 12.4. The monoisotopic (exact) mass is 1030 g/mol. The highest BCUT2D eigenvalue weighted by Crippen LogP contribution is 2.35. The average molecular weight is 1030 g/mol. The molecule has 0 unspecified atom stereocenters. The minimum absolute atomic E-state index is 0.0481. The van der Waals surface area contributed by atoms with Crippen LogP contribution in [0.1, 0.15) is 158 Å². The van der Waals surface area contributed by atoms with Gasteiger partial charge in [-0.2, -0.15) is 0 Å². The number of hydrogen-bond donors (Lipinski definition) is 7. The van der Waals surface area contributed by atoms with Crippen molar-refractivity contribution < 1.29 is 67.3 Å². The second-order valence-corrected chi connectivity index (χ2v) is 21.3. The number of benzene rings is 1. The third kappa shape index (κ3) is 20.6. The van der Waals surface area contributed by atoms with Crippen molar-refractivity contribution in [3.63, 3.8) is 0 Å². The van der Waals surface area contributed by atoms with Crippen molar-refractivity contribution in [1.82, 2.24) is 36.8 Å². The number of hydrogen-bond acceptors (Lipinski definition) is 13. The number of aliphatic carboxylic acids is 1. The van der Waals surface area contributed by atoms with E-state index in [2.05, 4.69) is 26.6 Å². The van der Waals surface area contributed by atoms with E-state index in [1.54, 1.807) is 62.3 Å². The molecule has 406 valence electrons. The van der Waals surface area contributed by atoms with Gasteiger partial charge in [0.25, 0.3) is 5.91 Å². The van der Waals surface area contributed by atoms with Crippen molar-refractivity contribution in [3.8, 4) is 0 Å². The standard InChI is InChI=1S/C52H79N7O14/c1-11-18-35(44(65)49(70)53-28-39(61)62)55-47(68)38-27-34(32-19-14-12-15-20-32)29-59(38)50(71)43(33-21-16-13-17-22-33)58-48(69)42(30(2)3)57-46(67)37(24-26-41(64)73-52(8,9)10)56-45(66)36(54-31(4)60)23-25-40(63)72-51(5,6)7/h12,14-15,19-20,30,33-38,42-43H,11,13,16-18,21-29H2,1-10H3,(H,53,70)(H,54,60)(H,55,68)(H,56,66)(H,57,67)(H,58,69)(H,61,62)/t34-,35+,36+,37+,38+,42+,43+/m1/s1. The van der Waals surface area contributed by atoms with Gasteiger partial charge in [-0.1, -0.05) is 76.8 Å². The number of Topliss-reactive ketones (excluding diaryl/α,β-unsaturated/α-hetero) is 1. The summed E-state index contributed by atoms with van der Waals surface area (Å²) in [4.78, 5) is 149. The highest BCUT2D eigenvalue weighted by atomic mass is 16.6. The lowest BCUT2D eigenvalue weighted by atomic mass is 9.83. The Bertz CT molecular complexity index is 2130. The maximum atomic E-state index is 15.2. The second kappa shape index (κ2) is 28.2. The summed E-state index contributed by atoms with van der Waals surface area (Å²) in [5.41, 5.74) is -0.847. The summed E-state index contributed by atoms with van der Waals surface area (Å²) in [5, 5.41) is 24.5. The highest BCUT2D eigenvalue weighted by Gasteiger charge is 2.46. The first-order valence-electron chi connectivity index (χ1n) is 25.4. The van der Waals surface area contributed by atoms with E-state index in [0.29, 0.717) is 19.3 Å². The number of carboxylic acid groups (broad SMARTS) is 1. The number of carboxylic acids is 1. The van der Waals surface area contributed by atoms with Crippen LogP contribution in [0.2, 0.25) is 0 Å². The van der Waals surface area contributed by atoms with E-state index in [9.17, 15) is 47.9 Å². The number of ether oxygens (including phenoxy) is 2. The van der Waals surface area contributed by atoms with Gasteiger partial charge in [0.2, 0.25) is 41.2 Å². The van der Waals surface area contributed by atoms with Crippen LogP contribution in [0.25, 0.3) is 0 Å². The summed E-state index contributed by atoms with van der Waals surface area (Å²) in [6.45, 7) is 15.5. The minimum Gasteiger partial charge on any atom is -0.480 e. The van der Waals surface area contributed by atoms with Crippen molar-refractivity contribution in [2.45, 2.75) is 200 Å². The molecule has 3 rings (SSSR count). The number of rotatable bonds is 25. The Balaban J connectivity index is 1.98. The summed E-state index contributed by atoms with van der Waals surface area (Å²) in [7, 11) is 0. The van der Waals surface area contributed by atoms with Crippen LogP contribution in [-0.2, 0) is 62.2 Å². The number of likely N-dealkylation sites (tertiary alicyclic amines) is 1. The van der Waals surface area contributed by atoms with Crippen molar-refractivity contribution in [2.24, 2.45) is 11.8 Å². The number of amides is 7. The molecule has 21 nitrogen and oxygen atoms in total. The molecule has 1 saturated carbocycles. The number of esters is 2. The summed E-state index contributed by atoms with van der Waals surface area (Å²) in [5.74, 6) is -10.5. The third-order valence-corrected chi connectivity index (χ3v) is 12.4. The molecule has 73 heavy (non-hydrogen) atoms. The van der Waals surface area contributed by atoms with Gasteiger partial charge in [-0.25, -0.2) is 0 Å². The van der Waals surface area contributed by atoms with Crippen molar-refractivity contribution in [1.29, 1.82) is 0 Å². The van der Waals surface area contributed by atoms with Crippen molar-refractivity contribution >= 4 is 65.0 Å². The Labute approximate surface area is 428 Å². The predicted molar refractivity (Wildman–Crippen MR) is 267 cm³/mol. The van der Waals surface area contributed by atoms with Crippen LogP contribution in [0.5, 0.6) is 0 Å². The van der Waals surface area contributed by atoms with Gasteiger partial charge in [-0.15, -0.1) is 0 Å². The molecule has 1 heterocycles. The van der Waals surface area contributed by atoms with Crippen LogP contribution in [0.4, 0.5) is 0 Å². The first kappa shape index (κ1) is 60.9. The number of carbonyl (C=O) groups is 11. The summed E-state index contributed by atoms with van der Waals surface area (Å²) in [6.07, 6.45) is 3.00. The maximum Gasteiger partial charge on any atom is 0.322 e.